The largest absolute Gasteiger partial charge is 0.516 e. The molecular formula is C13H16ClNO4. The number of carbonyl (C=O) groups excluding carboxylic acids is 2. The normalized spacial score (nSPS) is 11.0. The van der Waals surface area contributed by atoms with Crippen LogP contribution in [0.15, 0.2) is 18.2 Å². The molecule has 19 heavy (non-hydrogen) atoms. The third-order valence-electron chi connectivity index (χ3n) is 2.07. The standard InChI is InChI=1S/C13H16ClNO4/c1-13(2,3)19-12(17)18-11(16)8-4-5-10(14)9(6-8)7-15/h4-6H,7,15H2,1-3H3. The summed E-state index contributed by atoms with van der Waals surface area (Å²) in [5, 5.41) is 0.455. The van der Waals surface area contributed by atoms with Crippen LogP contribution in [0.4, 0.5) is 4.79 Å². The van der Waals surface area contributed by atoms with Crippen LogP contribution in [0.1, 0.15) is 36.7 Å². The third-order valence-corrected chi connectivity index (χ3v) is 2.44. The maximum atomic E-state index is 11.7. The molecule has 0 amide bonds. The Hall–Kier alpha value is -1.59. The van der Waals surface area contributed by atoms with Crippen molar-refractivity contribution in [1.29, 1.82) is 0 Å². The summed E-state index contributed by atoms with van der Waals surface area (Å²) in [6, 6.07) is 4.46. The Morgan fingerprint density at radius 1 is 1.32 bits per heavy atom. The van der Waals surface area contributed by atoms with Crippen LogP contribution < -0.4 is 5.73 Å². The average Bonchev–Trinajstić information content (AvgIpc) is 2.26. The molecule has 0 saturated carbocycles. The fourth-order valence-electron chi connectivity index (χ4n) is 1.26. The van der Waals surface area contributed by atoms with E-state index in [1.807, 2.05) is 0 Å². The van der Waals surface area contributed by atoms with Crippen LogP contribution in [-0.2, 0) is 16.0 Å². The number of ether oxygens (including phenoxy) is 2. The number of hydrogen-bond donors (Lipinski definition) is 1. The highest BCUT2D eigenvalue weighted by Gasteiger charge is 2.21. The molecule has 5 nitrogen and oxygen atoms in total. The molecule has 0 aliphatic heterocycles. The van der Waals surface area contributed by atoms with Gasteiger partial charge in [0.2, 0.25) is 0 Å². The number of rotatable bonds is 2. The van der Waals surface area contributed by atoms with Gasteiger partial charge in [-0.05, 0) is 44.5 Å². The fraction of sp³-hybridized carbons (Fsp3) is 0.385. The molecule has 0 saturated heterocycles. The van der Waals surface area contributed by atoms with Gasteiger partial charge in [-0.25, -0.2) is 9.59 Å². The number of benzene rings is 1. The zero-order valence-electron chi connectivity index (χ0n) is 11.0. The predicted molar refractivity (Wildman–Crippen MR) is 71.0 cm³/mol. The lowest BCUT2D eigenvalue weighted by molar-refractivity contribution is -0.00155. The van der Waals surface area contributed by atoms with Gasteiger partial charge in [0, 0.05) is 11.6 Å². The summed E-state index contributed by atoms with van der Waals surface area (Å²) in [5.74, 6) is -0.805. The van der Waals surface area contributed by atoms with Crippen molar-refractivity contribution >= 4 is 23.7 Å². The van der Waals surface area contributed by atoms with E-state index in [0.29, 0.717) is 10.6 Å². The molecule has 0 spiro atoms. The van der Waals surface area contributed by atoms with E-state index in [-0.39, 0.29) is 12.1 Å². The van der Waals surface area contributed by atoms with Gasteiger partial charge in [-0.2, -0.15) is 0 Å². The van der Waals surface area contributed by atoms with Crippen LogP contribution in [0, 0.1) is 0 Å². The van der Waals surface area contributed by atoms with E-state index in [2.05, 4.69) is 4.74 Å². The van der Waals surface area contributed by atoms with Crippen molar-refractivity contribution in [1.82, 2.24) is 0 Å². The molecule has 0 aliphatic rings. The van der Waals surface area contributed by atoms with Gasteiger partial charge in [-0.15, -0.1) is 0 Å². The maximum absolute atomic E-state index is 11.7. The Labute approximate surface area is 116 Å². The number of hydrogen-bond acceptors (Lipinski definition) is 5. The average molecular weight is 286 g/mol. The molecule has 2 N–H and O–H groups in total. The molecule has 6 heteroatoms. The summed E-state index contributed by atoms with van der Waals surface area (Å²) in [6.45, 7) is 5.21. The second kappa shape index (κ2) is 6.04. The first-order valence-electron chi connectivity index (χ1n) is 5.66. The lowest BCUT2D eigenvalue weighted by Gasteiger charge is -2.18. The minimum absolute atomic E-state index is 0.187. The predicted octanol–water partition coefficient (Wildman–Crippen LogP) is 2.89. The van der Waals surface area contributed by atoms with Crippen molar-refractivity contribution < 1.29 is 19.1 Å². The number of esters is 1. The number of carbonyl (C=O) groups is 2. The Balaban J connectivity index is 2.76. The highest BCUT2D eigenvalue weighted by Crippen LogP contribution is 2.18. The van der Waals surface area contributed by atoms with Crippen molar-refractivity contribution in [2.75, 3.05) is 0 Å². The number of halogens is 1. The van der Waals surface area contributed by atoms with Crippen LogP contribution >= 0.6 is 11.6 Å². The molecule has 0 aliphatic carbocycles. The van der Waals surface area contributed by atoms with E-state index in [4.69, 9.17) is 22.1 Å². The summed E-state index contributed by atoms with van der Waals surface area (Å²) in [5.41, 5.74) is 5.54. The lowest BCUT2D eigenvalue weighted by Crippen LogP contribution is -2.26. The van der Waals surface area contributed by atoms with Crippen molar-refractivity contribution in [2.24, 2.45) is 5.73 Å². The van der Waals surface area contributed by atoms with Crippen LogP contribution in [0.5, 0.6) is 0 Å². The second-order valence-corrected chi connectivity index (χ2v) is 5.27. The molecule has 1 aromatic rings. The third kappa shape index (κ3) is 4.89. The fourth-order valence-corrected chi connectivity index (χ4v) is 1.46. The molecule has 0 bridgehead atoms. The quantitative estimate of drug-likeness (QED) is 0.668. The Bertz CT molecular complexity index is 494. The first-order chi connectivity index (χ1) is 8.73. The summed E-state index contributed by atoms with van der Waals surface area (Å²) in [4.78, 5) is 23.1. The molecule has 0 fully saturated rings. The molecule has 0 atom stereocenters. The summed E-state index contributed by atoms with van der Waals surface area (Å²) >= 11 is 5.87. The highest BCUT2D eigenvalue weighted by atomic mass is 35.5. The van der Waals surface area contributed by atoms with E-state index in [9.17, 15) is 9.59 Å². The first-order valence-corrected chi connectivity index (χ1v) is 6.04. The Morgan fingerprint density at radius 3 is 2.47 bits per heavy atom. The van der Waals surface area contributed by atoms with Crippen molar-refractivity contribution in [3.8, 4) is 0 Å². The monoisotopic (exact) mass is 285 g/mol. The van der Waals surface area contributed by atoms with Crippen molar-refractivity contribution in [3.63, 3.8) is 0 Å². The van der Waals surface area contributed by atoms with Crippen molar-refractivity contribution in [2.45, 2.75) is 32.9 Å². The van der Waals surface area contributed by atoms with E-state index in [1.54, 1.807) is 20.8 Å². The summed E-state index contributed by atoms with van der Waals surface area (Å²) in [7, 11) is 0. The summed E-state index contributed by atoms with van der Waals surface area (Å²) < 4.78 is 9.45. The van der Waals surface area contributed by atoms with Crippen LogP contribution in [0.3, 0.4) is 0 Å². The lowest BCUT2D eigenvalue weighted by atomic mass is 10.1. The Morgan fingerprint density at radius 2 is 1.95 bits per heavy atom. The Kier molecular flexibility index (Phi) is 4.91. The molecular weight excluding hydrogens is 270 g/mol. The van der Waals surface area contributed by atoms with Crippen LogP contribution in [0.25, 0.3) is 0 Å². The van der Waals surface area contributed by atoms with Gasteiger partial charge in [-0.3, -0.25) is 0 Å². The minimum Gasteiger partial charge on any atom is -0.428 e. The number of nitrogens with two attached hydrogens (primary N) is 1. The van der Waals surface area contributed by atoms with Gasteiger partial charge in [0.05, 0.1) is 5.56 Å². The second-order valence-electron chi connectivity index (χ2n) is 4.86. The van der Waals surface area contributed by atoms with Crippen LogP contribution in [-0.4, -0.2) is 17.7 Å². The van der Waals surface area contributed by atoms with Gasteiger partial charge in [-0.1, -0.05) is 11.6 Å². The molecule has 0 heterocycles. The zero-order valence-corrected chi connectivity index (χ0v) is 11.8. The van der Waals surface area contributed by atoms with Gasteiger partial charge < -0.3 is 15.2 Å². The van der Waals surface area contributed by atoms with Crippen LogP contribution in [0.2, 0.25) is 5.02 Å². The van der Waals surface area contributed by atoms with Gasteiger partial charge in [0.25, 0.3) is 0 Å². The van der Waals surface area contributed by atoms with Gasteiger partial charge in [0.15, 0.2) is 0 Å². The topological polar surface area (TPSA) is 78.6 Å². The smallest absolute Gasteiger partial charge is 0.428 e. The molecule has 1 aromatic carbocycles. The maximum Gasteiger partial charge on any atom is 0.516 e. The SMILES string of the molecule is CC(C)(C)OC(=O)OC(=O)c1ccc(Cl)c(CN)c1. The van der Waals surface area contributed by atoms with E-state index in [1.165, 1.54) is 18.2 Å². The van der Waals surface area contributed by atoms with Crippen molar-refractivity contribution in [3.05, 3.63) is 34.3 Å². The van der Waals surface area contributed by atoms with E-state index >= 15 is 0 Å². The molecule has 0 unspecified atom stereocenters. The molecule has 104 valence electrons. The van der Waals surface area contributed by atoms with E-state index < -0.39 is 17.7 Å². The molecule has 0 radical (unpaired) electrons. The van der Waals surface area contributed by atoms with Gasteiger partial charge >= 0.3 is 12.1 Å². The minimum atomic E-state index is -1.04. The molecule has 0 aromatic heterocycles. The first kappa shape index (κ1) is 15.5. The van der Waals surface area contributed by atoms with Gasteiger partial charge in [0.1, 0.15) is 5.60 Å². The zero-order chi connectivity index (χ0) is 14.6. The highest BCUT2D eigenvalue weighted by molar-refractivity contribution is 6.31. The summed E-state index contributed by atoms with van der Waals surface area (Å²) in [6.07, 6.45) is -1.04. The van der Waals surface area contributed by atoms with E-state index in [0.717, 1.165) is 0 Å². The molecule has 1 rings (SSSR count).